The number of thiol groups is 1. The number of rotatable bonds is 2. The van der Waals surface area contributed by atoms with Gasteiger partial charge in [-0.2, -0.15) is 12.6 Å². The fourth-order valence-corrected chi connectivity index (χ4v) is 0.991. The van der Waals surface area contributed by atoms with E-state index in [0.29, 0.717) is 5.75 Å². The van der Waals surface area contributed by atoms with E-state index in [9.17, 15) is 10.0 Å². The van der Waals surface area contributed by atoms with Crippen molar-refractivity contribution in [3.63, 3.8) is 0 Å². The first-order valence-electron chi connectivity index (χ1n) is 3.25. The molecule has 0 amide bonds. The van der Waals surface area contributed by atoms with Crippen molar-refractivity contribution in [2.75, 3.05) is 0 Å². The fourth-order valence-electron chi connectivity index (χ4n) is 0.780. The first-order chi connectivity index (χ1) is 5.24. The minimum absolute atomic E-state index is 0. The van der Waals surface area contributed by atoms with E-state index in [2.05, 4.69) is 12.6 Å². The van der Waals surface area contributed by atoms with E-state index in [-0.39, 0.29) is 17.8 Å². The van der Waals surface area contributed by atoms with Crippen LogP contribution < -0.4 is 27.8 Å². The Labute approximate surface area is 83.7 Å². The van der Waals surface area contributed by atoms with E-state index in [1.165, 1.54) is 0 Å². The van der Waals surface area contributed by atoms with Crippen molar-refractivity contribution in [3.05, 3.63) is 29.8 Å². The van der Waals surface area contributed by atoms with Gasteiger partial charge in [0.25, 0.3) is 0 Å². The van der Waals surface area contributed by atoms with Gasteiger partial charge in [-0.3, -0.25) is 0 Å². The Morgan fingerprint density at radius 3 is 1.85 bits per heavy atom. The van der Waals surface area contributed by atoms with Crippen LogP contribution in [0.2, 0.25) is 0 Å². The molecule has 0 bridgehead atoms. The van der Waals surface area contributed by atoms with Crippen LogP contribution in [0.1, 0.15) is 5.56 Å². The van der Waals surface area contributed by atoms with Crippen LogP contribution >= 0.6 is 12.6 Å². The minimum Gasteiger partial charge on any atom is -0.889 e. The van der Waals surface area contributed by atoms with Gasteiger partial charge in [0.1, 0.15) is 0 Å². The Morgan fingerprint density at radius 2 is 1.54 bits per heavy atom. The van der Waals surface area contributed by atoms with Crippen LogP contribution in [0.3, 0.4) is 0 Å². The molecule has 1 aromatic carbocycles. The molecule has 6 heteroatoms. The van der Waals surface area contributed by atoms with Crippen molar-refractivity contribution in [1.82, 2.24) is 12.3 Å². The Kier molecular flexibility index (Phi) is 7.99. The molecule has 0 aliphatic heterocycles. The van der Waals surface area contributed by atoms with Gasteiger partial charge in [0, 0.05) is 5.75 Å². The zero-order chi connectivity index (χ0) is 8.27. The van der Waals surface area contributed by atoms with Gasteiger partial charge < -0.3 is 22.3 Å². The molecule has 4 nitrogen and oxygen atoms in total. The van der Waals surface area contributed by atoms with Crippen molar-refractivity contribution >= 4 is 25.2 Å². The molecule has 0 aliphatic carbocycles. The van der Waals surface area contributed by atoms with Gasteiger partial charge in [-0.1, -0.05) is 31.4 Å². The van der Waals surface area contributed by atoms with Gasteiger partial charge in [0.2, 0.25) is 0 Å². The summed E-state index contributed by atoms with van der Waals surface area (Å²) in [5.74, 6) is 0.628. The van der Waals surface area contributed by atoms with Crippen LogP contribution in [-0.2, 0) is 5.75 Å². The molecule has 0 aromatic heterocycles. The second-order valence-electron chi connectivity index (χ2n) is 2.23. The Morgan fingerprint density at radius 1 is 1.08 bits per heavy atom. The summed E-state index contributed by atoms with van der Waals surface area (Å²) >= 11 is 4.04. The fraction of sp³-hybridized carbons (Fsp3) is 0.143. The van der Waals surface area contributed by atoms with Crippen molar-refractivity contribution < 1.29 is 10.0 Å². The summed E-state index contributed by atoms with van der Waals surface area (Å²) in [5, 5.41) is 20.7. The lowest BCUT2D eigenvalue weighted by molar-refractivity contribution is -0.341. The molecule has 0 spiro atoms. The molecule has 0 saturated heterocycles. The largest absolute Gasteiger partial charge is 0.889 e. The van der Waals surface area contributed by atoms with Crippen LogP contribution in [0, 0.1) is 0 Å². The summed E-state index contributed by atoms with van der Waals surface area (Å²) in [6.07, 6.45) is 0. The third-order valence-corrected chi connectivity index (χ3v) is 1.80. The highest BCUT2D eigenvalue weighted by molar-refractivity contribution is 7.79. The van der Waals surface area contributed by atoms with E-state index >= 15 is 0 Å². The van der Waals surface area contributed by atoms with E-state index in [0.717, 1.165) is 5.56 Å². The van der Waals surface area contributed by atoms with Crippen LogP contribution in [0.4, 0.5) is 0 Å². The van der Waals surface area contributed by atoms with Crippen molar-refractivity contribution in [2.45, 2.75) is 5.75 Å². The Balaban J connectivity index is 0. The minimum atomic E-state index is -1.87. The molecule has 0 atom stereocenters. The van der Waals surface area contributed by atoms with E-state index in [1.54, 1.807) is 24.3 Å². The lowest BCUT2D eigenvalue weighted by Crippen LogP contribution is -2.55. The smallest absolute Gasteiger partial charge is 0.0154 e. The van der Waals surface area contributed by atoms with Gasteiger partial charge in [-0.05, 0) is 5.56 Å². The maximum absolute atomic E-state index is 10.4. The lowest BCUT2D eigenvalue weighted by Gasteiger charge is -2.26. The Hall–Kier alpha value is -0.525. The number of benzene rings is 1. The molecule has 0 radical (unpaired) electrons. The predicted octanol–water partition coefficient (Wildman–Crippen LogP) is -0.715. The number of hydrogen-bond donors (Lipinski definition) is 3. The topological polar surface area (TPSA) is 119 Å². The van der Waals surface area contributed by atoms with Crippen molar-refractivity contribution in [3.8, 4) is 0 Å². The molecule has 0 unspecified atom stereocenters. The maximum Gasteiger partial charge on any atom is 0.0154 e. The molecular weight excluding hydrogens is 187 g/mol. The molecule has 1 rings (SSSR count). The van der Waals surface area contributed by atoms with Gasteiger partial charge >= 0.3 is 0 Å². The number of quaternary nitrogens is 2. The molecular formula is C7H15BN2O2S. The first-order valence-corrected chi connectivity index (χ1v) is 3.88. The van der Waals surface area contributed by atoms with Crippen LogP contribution in [0.5, 0.6) is 0 Å². The zero-order valence-corrected chi connectivity index (χ0v) is 8.75. The molecule has 13 heavy (non-hydrogen) atoms. The van der Waals surface area contributed by atoms with Crippen LogP contribution in [0.15, 0.2) is 24.3 Å². The van der Waals surface area contributed by atoms with E-state index in [1.807, 2.05) is 0 Å². The summed E-state index contributed by atoms with van der Waals surface area (Å²) in [6, 6.07) is 6.59. The second-order valence-corrected chi connectivity index (χ2v) is 2.55. The quantitative estimate of drug-likeness (QED) is 0.433. The SMILES string of the molecule is [NH4+].[NH4+].[O-]B([O-])c1ccc(CS)cc1. The molecule has 8 N–H and O–H groups in total. The molecule has 0 fully saturated rings. The van der Waals surface area contributed by atoms with Crippen LogP contribution in [-0.4, -0.2) is 7.12 Å². The molecule has 0 aliphatic rings. The average molecular weight is 202 g/mol. The Bertz CT molecular complexity index is 230. The summed E-state index contributed by atoms with van der Waals surface area (Å²) in [4.78, 5) is 0. The highest BCUT2D eigenvalue weighted by Crippen LogP contribution is 1.99. The molecule has 1 aromatic rings. The zero-order valence-electron chi connectivity index (χ0n) is 7.86. The van der Waals surface area contributed by atoms with Gasteiger partial charge in [-0.25, -0.2) is 0 Å². The van der Waals surface area contributed by atoms with Crippen LogP contribution in [0.25, 0.3) is 0 Å². The van der Waals surface area contributed by atoms with Gasteiger partial charge in [0.05, 0.1) is 0 Å². The monoisotopic (exact) mass is 202 g/mol. The van der Waals surface area contributed by atoms with E-state index in [4.69, 9.17) is 0 Å². The van der Waals surface area contributed by atoms with Gasteiger partial charge in [-0.15, -0.1) is 5.46 Å². The van der Waals surface area contributed by atoms with Crippen molar-refractivity contribution in [2.24, 2.45) is 0 Å². The summed E-state index contributed by atoms with van der Waals surface area (Å²) in [5.41, 5.74) is 1.30. The second kappa shape index (κ2) is 6.93. The first kappa shape index (κ1) is 15.0. The highest BCUT2D eigenvalue weighted by Gasteiger charge is 1.88. The maximum atomic E-state index is 10.4. The highest BCUT2D eigenvalue weighted by atomic mass is 32.1. The molecule has 0 saturated carbocycles. The predicted molar refractivity (Wildman–Crippen MR) is 56.5 cm³/mol. The summed E-state index contributed by atoms with van der Waals surface area (Å²) in [6.45, 7) is 0. The molecule has 74 valence electrons. The average Bonchev–Trinajstić information content (AvgIpc) is 2.05. The van der Waals surface area contributed by atoms with Gasteiger partial charge in [0.15, 0.2) is 0 Å². The van der Waals surface area contributed by atoms with E-state index < -0.39 is 7.12 Å². The lowest BCUT2D eigenvalue weighted by atomic mass is 9.80. The summed E-state index contributed by atoms with van der Waals surface area (Å²) in [7, 11) is -1.87. The molecule has 0 heterocycles. The number of hydrogen-bond acceptors (Lipinski definition) is 3. The summed E-state index contributed by atoms with van der Waals surface area (Å²) < 4.78 is 0. The van der Waals surface area contributed by atoms with Crippen molar-refractivity contribution in [1.29, 1.82) is 0 Å². The normalized spacial score (nSPS) is 8.23. The standard InChI is InChI=1S/C7H7BO2S.2H3N/c9-8(10)7-3-1-6(5-11)2-4-7;;/h1-4,11H,5H2;2*1H3/q-2;;/p+2. The third kappa shape index (κ3) is 4.30. The third-order valence-electron chi connectivity index (χ3n) is 1.43.